The van der Waals surface area contributed by atoms with Crippen molar-refractivity contribution in [3.8, 4) is 11.1 Å². The first-order valence-electron chi connectivity index (χ1n) is 10.5. The van der Waals surface area contributed by atoms with Crippen LogP contribution < -0.4 is 4.90 Å². The summed E-state index contributed by atoms with van der Waals surface area (Å²) in [7, 11) is 0. The number of benzene rings is 4. The molecule has 146 valence electrons. The van der Waals surface area contributed by atoms with Crippen LogP contribution in [0.25, 0.3) is 32.7 Å². The highest BCUT2D eigenvalue weighted by Gasteiger charge is 2.19. The Morgan fingerprint density at radius 2 is 1.24 bits per heavy atom. The van der Waals surface area contributed by atoms with Crippen LogP contribution in [-0.2, 0) is 0 Å². The number of carbonyl (C=O) groups excluding carboxylic acids is 1. The zero-order chi connectivity index (χ0) is 20.2. The van der Waals surface area contributed by atoms with Gasteiger partial charge in [-0.15, -0.1) is 0 Å². The van der Waals surface area contributed by atoms with Crippen LogP contribution in [0, 0.1) is 0 Å². The molecule has 0 bridgehead atoms. The first-order chi connectivity index (χ1) is 14.3. The van der Waals surface area contributed by atoms with E-state index in [4.69, 9.17) is 0 Å². The molecule has 0 aliphatic heterocycles. The van der Waals surface area contributed by atoms with E-state index in [1.54, 1.807) is 0 Å². The fourth-order valence-corrected chi connectivity index (χ4v) is 4.34. The summed E-state index contributed by atoms with van der Waals surface area (Å²) in [6.45, 7) is 6.44. The smallest absolute Gasteiger partial charge is 0.150 e. The molecule has 0 amide bonds. The number of rotatable bonds is 7. The molecule has 0 N–H and O–H groups in total. The fourth-order valence-electron chi connectivity index (χ4n) is 4.34. The quantitative estimate of drug-likeness (QED) is 0.318. The Kier molecular flexibility index (Phi) is 5.62. The van der Waals surface area contributed by atoms with Crippen molar-refractivity contribution >= 4 is 33.5 Å². The van der Waals surface area contributed by atoms with Gasteiger partial charge in [-0.1, -0.05) is 80.6 Å². The molecule has 0 atom stereocenters. The average molecular weight is 382 g/mol. The maximum Gasteiger partial charge on any atom is 0.150 e. The summed E-state index contributed by atoms with van der Waals surface area (Å²) in [4.78, 5) is 14.6. The van der Waals surface area contributed by atoms with Gasteiger partial charge >= 0.3 is 0 Å². The molecule has 0 aliphatic rings. The van der Waals surface area contributed by atoms with Gasteiger partial charge in [-0.3, -0.25) is 4.79 Å². The molecule has 4 aromatic carbocycles. The van der Waals surface area contributed by atoms with E-state index in [0.717, 1.165) is 54.1 Å². The molecule has 0 saturated heterocycles. The van der Waals surface area contributed by atoms with Crippen molar-refractivity contribution in [2.75, 3.05) is 18.0 Å². The molecule has 4 rings (SSSR count). The summed E-state index contributed by atoms with van der Waals surface area (Å²) in [6, 6.07) is 25.3. The van der Waals surface area contributed by atoms with Crippen LogP contribution in [0.5, 0.6) is 0 Å². The van der Waals surface area contributed by atoms with Crippen LogP contribution >= 0.6 is 0 Å². The van der Waals surface area contributed by atoms with E-state index in [-0.39, 0.29) is 0 Å². The first-order valence-corrected chi connectivity index (χ1v) is 10.5. The van der Waals surface area contributed by atoms with Crippen molar-refractivity contribution in [3.63, 3.8) is 0 Å². The number of anilines is 1. The van der Waals surface area contributed by atoms with Gasteiger partial charge in [0.2, 0.25) is 0 Å². The molecule has 0 aromatic heterocycles. The minimum atomic E-state index is 0.745. The third-order valence-electron chi connectivity index (χ3n) is 5.57. The van der Waals surface area contributed by atoms with Crippen molar-refractivity contribution < 1.29 is 4.79 Å². The number of nitrogens with zero attached hydrogens (tertiary/aromatic N) is 1. The molecular formula is C27H27NO. The minimum absolute atomic E-state index is 0.745. The maximum absolute atomic E-state index is 12.1. The van der Waals surface area contributed by atoms with Crippen molar-refractivity contribution in [2.45, 2.75) is 26.7 Å². The second-order valence-corrected chi connectivity index (χ2v) is 7.54. The fraction of sp³-hybridized carbons (Fsp3) is 0.222. The zero-order valence-corrected chi connectivity index (χ0v) is 17.2. The van der Waals surface area contributed by atoms with Crippen molar-refractivity contribution in [2.24, 2.45) is 0 Å². The molecule has 0 saturated carbocycles. The van der Waals surface area contributed by atoms with Gasteiger partial charge in [-0.05, 0) is 40.5 Å². The lowest BCUT2D eigenvalue weighted by atomic mass is 9.89. The third kappa shape index (κ3) is 3.51. The lowest BCUT2D eigenvalue weighted by Crippen LogP contribution is -2.25. The lowest BCUT2D eigenvalue weighted by molar-refractivity contribution is 0.112. The maximum atomic E-state index is 12.1. The predicted molar refractivity (Wildman–Crippen MR) is 125 cm³/mol. The van der Waals surface area contributed by atoms with Crippen LogP contribution in [-0.4, -0.2) is 19.4 Å². The Bertz CT molecular complexity index is 1160. The Labute approximate surface area is 172 Å². The van der Waals surface area contributed by atoms with E-state index >= 15 is 0 Å². The third-order valence-corrected chi connectivity index (χ3v) is 5.57. The summed E-state index contributed by atoms with van der Waals surface area (Å²) >= 11 is 0. The summed E-state index contributed by atoms with van der Waals surface area (Å²) in [5, 5.41) is 4.68. The minimum Gasteiger partial charge on any atom is -0.371 e. The van der Waals surface area contributed by atoms with Gasteiger partial charge in [0.05, 0.1) is 0 Å². The molecule has 0 unspecified atom stereocenters. The highest BCUT2D eigenvalue weighted by atomic mass is 16.1. The van der Waals surface area contributed by atoms with Crippen LogP contribution in [0.2, 0.25) is 0 Å². The Balaban J connectivity index is 2.14. The van der Waals surface area contributed by atoms with Crippen LogP contribution in [0.4, 0.5) is 5.69 Å². The molecule has 0 aliphatic carbocycles. The number of carbonyl (C=O) groups is 1. The van der Waals surface area contributed by atoms with Crippen molar-refractivity contribution in [1.29, 1.82) is 0 Å². The van der Waals surface area contributed by atoms with E-state index in [9.17, 15) is 4.79 Å². The normalized spacial score (nSPS) is 11.1. The number of hydrogen-bond donors (Lipinski definition) is 0. The van der Waals surface area contributed by atoms with E-state index in [0.29, 0.717) is 0 Å². The highest BCUT2D eigenvalue weighted by Crippen LogP contribution is 2.42. The highest BCUT2D eigenvalue weighted by molar-refractivity contribution is 6.14. The van der Waals surface area contributed by atoms with Gasteiger partial charge in [0.1, 0.15) is 0 Å². The number of hydrogen-bond acceptors (Lipinski definition) is 2. The first kappa shape index (κ1) is 19.2. The largest absolute Gasteiger partial charge is 0.371 e. The van der Waals surface area contributed by atoms with Gasteiger partial charge in [-0.2, -0.15) is 0 Å². The molecule has 29 heavy (non-hydrogen) atoms. The molecular weight excluding hydrogens is 354 g/mol. The van der Waals surface area contributed by atoms with Crippen LogP contribution in [0.15, 0.2) is 72.8 Å². The van der Waals surface area contributed by atoms with E-state index in [2.05, 4.69) is 79.4 Å². The van der Waals surface area contributed by atoms with Gasteiger partial charge in [-0.25, -0.2) is 0 Å². The monoisotopic (exact) mass is 381 g/mol. The second kappa shape index (κ2) is 8.48. The van der Waals surface area contributed by atoms with Crippen LogP contribution in [0.3, 0.4) is 0 Å². The molecule has 2 heteroatoms. The molecule has 0 heterocycles. The predicted octanol–water partition coefficient (Wildman–Crippen LogP) is 7.10. The van der Waals surface area contributed by atoms with Crippen molar-refractivity contribution in [3.05, 3.63) is 78.4 Å². The van der Waals surface area contributed by atoms with E-state index in [1.165, 1.54) is 22.0 Å². The summed E-state index contributed by atoms with van der Waals surface area (Å²) in [6.07, 6.45) is 3.17. The zero-order valence-electron chi connectivity index (χ0n) is 17.2. The van der Waals surface area contributed by atoms with Crippen LogP contribution in [0.1, 0.15) is 37.0 Å². The Hall–Kier alpha value is -3.13. The second-order valence-electron chi connectivity index (χ2n) is 7.54. The Morgan fingerprint density at radius 3 is 1.83 bits per heavy atom. The Morgan fingerprint density at radius 1 is 0.690 bits per heavy atom. The van der Waals surface area contributed by atoms with E-state index < -0.39 is 0 Å². The molecule has 2 nitrogen and oxygen atoms in total. The number of aldehydes is 1. The molecule has 0 spiro atoms. The van der Waals surface area contributed by atoms with E-state index in [1.807, 2.05) is 12.1 Å². The standard InChI is InChI=1S/C27H27NO/c1-3-17-28(18-4-2)25-16-15-21-10-6-8-12-24(21)27(25)26-22(19-29)14-13-20-9-5-7-11-23(20)26/h5-16,19H,3-4,17-18H2,1-2H3. The average Bonchev–Trinajstić information content (AvgIpc) is 2.77. The summed E-state index contributed by atoms with van der Waals surface area (Å²) in [5.74, 6) is 0. The number of fused-ring (bicyclic) bond motifs is 2. The molecule has 0 fully saturated rings. The summed E-state index contributed by atoms with van der Waals surface area (Å²) < 4.78 is 0. The molecule has 0 radical (unpaired) electrons. The lowest BCUT2D eigenvalue weighted by Gasteiger charge is -2.28. The van der Waals surface area contributed by atoms with Gasteiger partial charge in [0.25, 0.3) is 0 Å². The summed E-state index contributed by atoms with van der Waals surface area (Å²) in [5.41, 5.74) is 4.17. The topological polar surface area (TPSA) is 20.3 Å². The molecule has 4 aromatic rings. The van der Waals surface area contributed by atoms with Gasteiger partial charge in [0, 0.05) is 35.5 Å². The van der Waals surface area contributed by atoms with Gasteiger partial charge < -0.3 is 4.90 Å². The van der Waals surface area contributed by atoms with Gasteiger partial charge in [0.15, 0.2) is 6.29 Å². The van der Waals surface area contributed by atoms with Crippen molar-refractivity contribution in [1.82, 2.24) is 0 Å². The SMILES string of the molecule is CCCN(CCC)c1ccc2ccccc2c1-c1c(C=O)ccc2ccccc12.